The van der Waals surface area contributed by atoms with Crippen molar-refractivity contribution < 1.29 is 13.2 Å². The number of thiophene rings is 1. The summed E-state index contributed by atoms with van der Waals surface area (Å²) >= 11 is 1.37. The van der Waals surface area contributed by atoms with Crippen LogP contribution in [0.1, 0.15) is 29.8 Å². The maximum atomic E-state index is 11.8. The summed E-state index contributed by atoms with van der Waals surface area (Å²) in [7, 11) is -3.73. The van der Waals surface area contributed by atoms with Gasteiger partial charge in [-0.3, -0.25) is 4.79 Å². The van der Waals surface area contributed by atoms with Gasteiger partial charge in [-0.25, -0.2) is 4.72 Å². The second kappa shape index (κ2) is 5.61. The van der Waals surface area contributed by atoms with E-state index in [9.17, 15) is 13.2 Å². The molecule has 0 aromatic carbocycles. The van der Waals surface area contributed by atoms with E-state index in [4.69, 9.17) is 0 Å². The zero-order valence-electron chi connectivity index (χ0n) is 10.1. The van der Waals surface area contributed by atoms with Crippen molar-refractivity contribution in [3.8, 4) is 0 Å². The lowest BCUT2D eigenvalue weighted by atomic mass is 10.2. The molecule has 0 bridgehead atoms. The molecular formula is C10H16N2O3S2. The summed E-state index contributed by atoms with van der Waals surface area (Å²) in [4.78, 5) is 11.8. The first kappa shape index (κ1) is 14.1. The molecule has 1 amide bonds. The quantitative estimate of drug-likeness (QED) is 0.883. The third-order valence-corrected chi connectivity index (χ3v) is 4.87. The van der Waals surface area contributed by atoms with E-state index in [-0.39, 0.29) is 0 Å². The van der Waals surface area contributed by atoms with Gasteiger partial charge in [-0.15, -0.1) is 0 Å². The molecule has 0 aliphatic carbocycles. The first-order valence-electron chi connectivity index (χ1n) is 5.27. The highest BCUT2D eigenvalue weighted by molar-refractivity contribution is 7.87. The Labute approximate surface area is 106 Å². The fourth-order valence-electron chi connectivity index (χ4n) is 1.39. The molecule has 0 unspecified atom stereocenters. The molecule has 1 heterocycles. The van der Waals surface area contributed by atoms with E-state index in [0.29, 0.717) is 18.7 Å². The SMILES string of the molecule is CCN(CC)S(=O)(=O)NC(=O)c1cscc1C. The van der Waals surface area contributed by atoms with Crippen LogP contribution < -0.4 is 4.72 Å². The first-order chi connectivity index (χ1) is 7.92. The van der Waals surface area contributed by atoms with Crippen molar-refractivity contribution in [3.05, 3.63) is 21.9 Å². The predicted molar refractivity (Wildman–Crippen MR) is 68.4 cm³/mol. The Kier molecular flexibility index (Phi) is 4.67. The molecule has 0 saturated carbocycles. The molecule has 1 aromatic heterocycles. The Balaban J connectivity index is 2.86. The maximum Gasteiger partial charge on any atom is 0.304 e. The molecule has 1 aromatic rings. The summed E-state index contributed by atoms with van der Waals surface area (Å²) in [6, 6.07) is 0. The average molecular weight is 276 g/mol. The largest absolute Gasteiger partial charge is 0.304 e. The van der Waals surface area contributed by atoms with Gasteiger partial charge in [0.05, 0.1) is 5.56 Å². The molecular weight excluding hydrogens is 260 g/mol. The Morgan fingerprint density at radius 2 is 1.94 bits per heavy atom. The first-order valence-corrected chi connectivity index (χ1v) is 7.65. The van der Waals surface area contributed by atoms with E-state index < -0.39 is 16.1 Å². The van der Waals surface area contributed by atoms with E-state index in [1.807, 2.05) is 0 Å². The van der Waals surface area contributed by atoms with Crippen LogP contribution >= 0.6 is 11.3 Å². The molecule has 5 nitrogen and oxygen atoms in total. The van der Waals surface area contributed by atoms with Crippen molar-refractivity contribution in [1.82, 2.24) is 9.03 Å². The van der Waals surface area contributed by atoms with E-state index >= 15 is 0 Å². The van der Waals surface area contributed by atoms with Crippen molar-refractivity contribution in [3.63, 3.8) is 0 Å². The Hall–Kier alpha value is -0.920. The molecule has 1 N–H and O–H groups in total. The van der Waals surface area contributed by atoms with Gasteiger partial charge in [0, 0.05) is 18.5 Å². The third kappa shape index (κ3) is 3.27. The molecule has 0 fully saturated rings. The average Bonchev–Trinajstić information content (AvgIpc) is 2.65. The van der Waals surface area contributed by atoms with Crippen LogP contribution in [0.5, 0.6) is 0 Å². The van der Waals surface area contributed by atoms with Crippen molar-refractivity contribution in [2.24, 2.45) is 0 Å². The van der Waals surface area contributed by atoms with Gasteiger partial charge in [0.1, 0.15) is 0 Å². The summed E-state index contributed by atoms with van der Waals surface area (Å²) in [5, 5.41) is 3.45. The molecule has 0 atom stereocenters. The van der Waals surface area contributed by atoms with Gasteiger partial charge in [-0.2, -0.15) is 24.1 Å². The summed E-state index contributed by atoms with van der Waals surface area (Å²) in [6.45, 7) is 5.89. The molecule has 0 saturated heterocycles. The highest BCUT2D eigenvalue weighted by Gasteiger charge is 2.22. The van der Waals surface area contributed by atoms with Crippen molar-refractivity contribution >= 4 is 27.5 Å². The number of nitrogens with one attached hydrogen (secondary N) is 1. The fraction of sp³-hybridized carbons (Fsp3) is 0.500. The molecule has 17 heavy (non-hydrogen) atoms. The Morgan fingerprint density at radius 1 is 1.35 bits per heavy atom. The minimum absolute atomic E-state index is 0.335. The number of nitrogens with zero attached hydrogens (tertiary/aromatic N) is 1. The monoisotopic (exact) mass is 276 g/mol. The standard InChI is InChI=1S/C10H16N2O3S2/c1-4-12(5-2)17(14,15)11-10(13)9-7-16-6-8(9)3/h6-7H,4-5H2,1-3H3,(H,11,13). The Bertz CT molecular complexity index is 489. The lowest BCUT2D eigenvalue weighted by Gasteiger charge is -2.18. The van der Waals surface area contributed by atoms with Crippen LogP contribution in [0.3, 0.4) is 0 Å². The van der Waals surface area contributed by atoms with E-state index in [2.05, 4.69) is 4.72 Å². The van der Waals surface area contributed by atoms with Crippen LogP contribution in [-0.4, -0.2) is 31.7 Å². The minimum atomic E-state index is -3.73. The zero-order chi connectivity index (χ0) is 13.1. The zero-order valence-corrected chi connectivity index (χ0v) is 11.7. The van der Waals surface area contributed by atoms with Crippen molar-refractivity contribution in [2.45, 2.75) is 20.8 Å². The maximum absolute atomic E-state index is 11.8. The molecule has 0 aliphatic rings. The van der Waals surface area contributed by atoms with Crippen LogP contribution in [0.2, 0.25) is 0 Å². The normalized spacial score (nSPS) is 11.8. The smallest absolute Gasteiger partial charge is 0.268 e. The van der Waals surface area contributed by atoms with Gasteiger partial charge >= 0.3 is 10.2 Å². The number of carbonyl (C=O) groups is 1. The van der Waals surface area contributed by atoms with Crippen LogP contribution in [0.15, 0.2) is 10.8 Å². The number of aryl methyl sites for hydroxylation is 1. The molecule has 0 spiro atoms. The molecule has 1 rings (SSSR count). The van der Waals surface area contributed by atoms with E-state index in [0.717, 1.165) is 5.56 Å². The van der Waals surface area contributed by atoms with Crippen LogP contribution in [0.4, 0.5) is 0 Å². The van der Waals surface area contributed by atoms with Crippen LogP contribution in [0.25, 0.3) is 0 Å². The number of rotatable bonds is 5. The van der Waals surface area contributed by atoms with Crippen LogP contribution in [0, 0.1) is 6.92 Å². The van der Waals surface area contributed by atoms with Crippen molar-refractivity contribution in [1.29, 1.82) is 0 Å². The van der Waals surface area contributed by atoms with Gasteiger partial charge in [0.15, 0.2) is 0 Å². The number of hydrogen-bond acceptors (Lipinski definition) is 4. The highest BCUT2D eigenvalue weighted by Crippen LogP contribution is 2.13. The highest BCUT2D eigenvalue weighted by atomic mass is 32.2. The topological polar surface area (TPSA) is 66.5 Å². The minimum Gasteiger partial charge on any atom is -0.268 e. The third-order valence-electron chi connectivity index (χ3n) is 2.37. The second-order valence-corrected chi connectivity index (χ2v) is 5.90. The molecule has 96 valence electrons. The number of amides is 1. The van der Waals surface area contributed by atoms with Gasteiger partial charge in [0.25, 0.3) is 5.91 Å². The predicted octanol–water partition coefficient (Wildman–Crippen LogP) is 1.37. The summed E-state index contributed by atoms with van der Waals surface area (Å²) in [5.74, 6) is -0.573. The lowest BCUT2D eigenvalue weighted by Crippen LogP contribution is -2.43. The number of carbonyl (C=O) groups excluding carboxylic acids is 1. The second-order valence-electron chi connectivity index (χ2n) is 3.49. The molecule has 0 radical (unpaired) electrons. The summed E-state index contributed by atoms with van der Waals surface area (Å²) in [5.41, 5.74) is 1.19. The van der Waals surface area contributed by atoms with Crippen molar-refractivity contribution in [2.75, 3.05) is 13.1 Å². The van der Waals surface area contributed by atoms with E-state index in [1.165, 1.54) is 15.6 Å². The number of hydrogen-bond donors (Lipinski definition) is 1. The lowest BCUT2D eigenvalue weighted by molar-refractivity contribution is 0.0979. The Morgan fingerprint density at radius 3 is 2.35 bits per heavy atom. The van der Waals surface area contributed by atoms with Gasteiger partial charge in [-0.05, 0) is 17.9 Å². The summed E-state index contributed by atoms with van der Waals surface area (Å²) in [6.07, 6.45) is 0. The van der Waals surface area contributed by atoms with Gasteiger partial charge in [0.2, 0.25) is 0 Å². The molecule has 0 aliphatic heterocycles. The summed E-state index contributed by atoms with van der Waals surface area (Å²) < 4.78 is 26.9. The molecule has 7 heteroatoms. The van der Waals surface area contributed by atoms with Gasteiger partial charge < -0.3 is 0 Å². The van der Waals surface area contributed by atoms with Crippen LogP contribution in [-0.2, 0) is 10.2 Å². The van der Waals surface area contributed by atoms with Gasteiger partial charge in [-0.1, -0.05) is 13.8 Å². The fourth-order valence-corrected chi connectivity index (χ4v) is 3.37. The van der Waals surface area contributed by atoms with E-state index in [1.54, 1.807) is 31.5 Å².